The quantitative estimate of drug-likeness (QED) is 0.720. The third-order valence-corrected chi connectivity index (χ3v) is 6.05. The molecule has 4 bridgehead atoms. The Labute approximate surface area is 113 Å². The molecule has 0 aromatic carbocycles. The first-order valence-electron chi connectivity index (χ1n) is 7.96. The number of hydrogen-bond acceptors (Lipinski definition) is 1. The van der Waals surface area contributed by atoms with E-state index in [9.17, 15) is 0 Å². The van der Waals surface area contributed by atoms with Gasteiger partial charge in [0.25, 0.3) is 0 Å². The summed E-state index contributed by atoms with van der Waals surface area (Å²) in [5, 5.41) is 0. The summed E-state index contributed by atoms with van der Waals surface area (Å²) in [5.41, 5.74) is 1.85. The molecule has 18 heavy (non-hydrogen) atoms. The van der Waals surface area contributed by atoms with E-state index in [1.54, 1.807) is 0 Å². The SMILES string of the molecule is CC(C)CN(C)C12CC3CC(C)(CC(C)(C3)C1)C2. The fourth-order valence-corrected chi connectivity index (χ4v) is 6.55. The molecule has 4 aliphatic carbocycles. The molecule has 4 rings (SSSR count). The lowest BCUT2D eigenvalue weighted by Gasteiger charge is -2.67. The van der Waals surface area contributed by atoms with Gasteiger partial charge in [-0.2, -0.15) is 0 Å². The largest absolute Gasteiger partial charge is 0.300 e. The summed E-state index contributed by atoms with van der Waals surface area (Å²) in [6.45, 7) is 11.2. The molecule has 0 spiro atoms. The number of hydrogen-bond donors (Lipinski definition) is 0. The lowest BCUT2D eigenvalue weighted by molar-refractivity contribution is -0.157. The van der Waals surface area contributed by atoms with Crippen LogP contribution in [0.4, 0.5) is 0 Å². The first kappa shape index (κ1) is 13.0. The lowest BCUT2D eigenvalue weighted by Crippen LogP contribution is -2.64. The van der Waals surface area contributed by atoms with Gasteiger partial charge in [-0.25, -0.2) is 0 Å². The fraction of sp³-hybridized carbons (Fsp3) is 1.00. The first-order valence-corrected chi connectivity index (χ1v) is 7.96. The highest BCUT2D eigenvalue weighted by atomic mass is 15.2. The maximum atomic E-state index is 2.75. The second kappa shape index (κ2) is 3.75. The Kier molecular flexibility index (Phi) is 2.70. The average Bonchev–Trinajstić information content (AvgIpc) is 2.09. The predicted molar refractivity (Wildman–Crippen MR) is 77.6 cm³/mol. The molecule has 0 N–H and O–H groups in total. The molecule has 0 saturated heterocycles. The maximum Gasteiger partial charge on any atom is 0.0219 e. The van der Waals surface area contributed by atoms with Crippen LogP contribution in [0.25, 0.3) is 0 Å². The van der Waals surface area contributed by atoms with Crippen molar-refractivity contribution in [2.24, 2.45) is 22.7 Å². The zero-order chi connectivity index (χ0) is 13.2. The first-order chi connectivity index (χ1) is 8.24. The molecule has 4 fully saturated rings. The van der Waals surface area contributed by atoms with E-state index in [0.29, 0.717) is 16.4 Å². The Morgan fingerprint density at radius 1 is 1.00 bits per heavy atom. The van der Waals surface area contributed by atoms with Gasteiger partial charge in [0, 0.05) is 12.1 Å². The van der Waals surface area contributed by atoms with Gasteiger partial charge in [-0.15, -0.1) is 0 Å². The van der Waals surface area contributed by atoms with Gasteiger partial charge in [0.2, 0.25) is 0 Å². The van der Waals surface area contributed by atoms with Gasteiger partial charge in [0.15, 0.2) is 0 Å². The molecule has 0 aliphatic heterocycles. The number of rotatable bonds is 3. The standard InChI is InChI=1S/C17H31N/c1-13(2)9-18(5)17-8-14-6-15(3,11-17)10-16(4,7-14)12-17/h13-14H,6-12H2,1-5H3. The molecule has 104 valence electrons. The summed E-state index contributed by atoms with van der Waals surface area (Å²) in [6, 6.07) is 0. The second-order valence-electron chi connectivity index (χ2n) is 9.13. The van der Waals surface area contributed by atoms with Gasteiger partial charge in [0.05, 0.1) is 0 Å². The highest BCUT2D eigenvalue weighted by Crippen LogP contribution is 2.67. The fourth-order valence-electron chi connectivity index (χ4n) is 6.55. The molecule has 1 nitrogen and oxygen atoms in total. The molecule has 1 heteroatoms. The lowest BCUT2D eigenvalue weighted by atomic mass is 9.42. The van der Waals surface area contributed by atoms with Crippen LogP contribution in [-0.4, -0.2) is 24.0 Å². The molecule has 2 unspecified atom stereocenters. The van der Waals surface area contributed by atoms with Gasteiger partial charge in [-0.3, -0.25) is 0 Å². The smallest absolute Gasteiger partial charge is 0.0219 e. The topological polar surface area (TPSA) is 3.24 Å². The van der Waals surface area contributed by atoms with E-state index >= 15 is 0 Å². The zero-order valence-corrected chi connectivity index (χ0v) is 13.1. The summed E-state index contributed by atoms with van der Waals surface area (Å²) in [7, 11) is 2.40. The van der Waals surface area contributed by atoms with Gasteiger partial charge >= 0.3 is 0 Å². The molecule has 4 aliphatic rings. The van der Waals surface area contributed by atoms with Crippen LogP contribution in [-0.2, 0) is 0 Å². The molecular formula is C17H31N. The highest BCUT2D eigenvalue weighted by Gasteiger charge is 2.61. The maximum absolute atomic E-state index is 2.75. The molecule has 2 atom stereocenters. The Morgan fingerprint density at radius 2 is 1.56 bits per heavy atom. The molecule has 4 saturated carbocycles. The van der Waals surface area contributed by atoms with Crippen molar-refractivity contribution in [1.82, 2.24) is 4.90 Å². The Morgan fingerprint density at radius 3 is 2.00 bits per heavy atom. The van der Waals surface area contributed by atoms with E-state index in [1.165, 1.54) is 45.1 Å². The molecular weight excluding hydrogens is 218 g/mol. The van der Waals surface area contributed by atoms with E-state index in [4.69, 9.17) is 0 Å². The third-order valence-electron chi connectivity index (χ3n) is 6.05. The summed E-state index contributed by atoms with van der Waals surface area (Å²) in [5.74, 6) is 1.81. The normalized spacial score (nSPS) is 50.5. The molecule has 0 heterocycles. The summed E-state index contributed by atoms with van der Waals surface area (Å²) >= 11 is 0. The molecule has 0 aromatic heterocycles. The highest BCUT2D eigenvalue weighted by molar-refractivity contribution is 5.14. The minimum Gasteiger partial charge on any atom is -0.300 e. The van der Waals surface area contributed by atoms with Crippen LogP contribution >= 0.6 is 0 Å². The number of nitrogens with zero attached hydrogens (tertiary/aromatic N) is 1. The predicted octanol–water partition coefficient (Wildman–Crippen LogP) is 4.32. The molecule has 0 amide bonds. The summed E-state index contributed by atoms with van der Waals surface area (Å²) in [6.07, 6.45) is 8.94. The van der Waals surface area contributed by atoms with Crippen LogP contribution in [0.3, 0.4) is 0 Å². The van der Waals surface area contributed by atoms with Crippen molar-refractivity contribution in [2.45, 2.75) is 71.8 Å². The Balaban J connectivity index is 1.89. The molecule has 0 radical (unpaired) electrons. The minimum absolute atomic E-state index is 0.549. The average molecular weight is 249 g/mol. The van der Waals surface area contributed by atoms with Crippen LogP contribution in [0.15, 0.2) is 0 Å². The van der Waals surface area contributed by atoms with Crippen LogP contribution in [0.2, 0.25) is 0 Å². The van der Waals surface area contributed by atoms with E-state index in [-0.39, 0.29) is 0 Å². The summed E-state index contributed by atoms with van der Waals surface area (Å²) in [4.78, 5) is 2.75. The van der Waals surface area contributed by atoms with Gasteiger partial charge in [0.1, 0.15) is 0 Å². The third kappa shape index (κ3) is 1.94. The van der Waals surface area contributed by atoms with Crippen molar-refractivity contribution < 1.29 is 0 Å². The monoisotopic (exact) mass is 249 g/mol. The van der Waals surface area contributed by atoms with Crippen molar-refractivity contribution in [3.8, 4) is 0 Å². The van der Waals surface area contributed by atoms with Crippen LogP contribution in [0.1, 0.15) is 66.2 Å². The molecule has 0 aromatic rings. The van der Waals surface area contributed by atoms with E-state index in [2.05, 4.69) is 39.6 Å². The van der Waals surface area contributed by atoms with Crippen LogP contribution in [0, 0.1) is 22.7 Å². The van der Waals surface area contributed by atoms with Crippen LogP contribution < -0.4 is 0 Å². The van der Waals surface area contributed by atoms with Crippen molar-refractivity contribution in [3.05, 3.63) is 0 Å². The van der Waals surface area contributed by atoms with Gasteiger partial charge in [-0.05, 0) is 68.2 Å². The van der Waals surface area contributed by atoms with Crippen molar-refractivity contribution in [2.75, 3.05) is 13.6 Å². The van der Waals surface area contributed by atoms with Gasteiger partial charge < -0.3 is 4.90 Å². The van der Waals surface area contributed by atoms with Crippen LogP contribution in [0.5, 0.6) is 0 Å². The minimum atomic E-state index is 0.549. The van der Waals surface area contributed by atoms with Crippen molar-refractivity contribution >= 4 is 0 Å². The van der Waals surface area contributed by atoms with E-state index < -0.39 is 0 Å². The van der Waals surface area contributed by atoms with Crippen molar-refractivity contribution in [1.29, 1.82) is 0 Å². The Bertz CT molecular complexity index is 328. The second-order valence-corrected chi connectivity index (χ2v) is 9.13. The van der Waals surface area contributed by atoms with Gasteiger partial charge in [-0.1, -0.05) is 27.7 Å². The van der Waals surface area contributed by atoms with Crippen molar-refractivity contribution in [3.63, 3.8) is 0 Å². The Hall–Kier alpha value is -0.0400. The van der Waals surface area contributed by atoms with E-state index in [0.717, 1.165) is 11.8 Å². The zero-order valence-electron chi connectivity index (χ0n) is 13.1. The summed E-state index contributed by atoms with van der Waals surface area (Å²) < 4.78 is 0. The van der Waals surface area contributed by atoms with E-state index in [1.807, 2.05) is 0 Å².